The lowest BCUT2D eigenvalue weighted by atomic mass is 10.3. The second-order valence-corrected chi connectivity index (χ2v) is 4.50. The van der Waals surface area contributed by atoms with Gasteiger partial charge in [-0.1, -0.05) is 23.5 Å². The highest BCUT2D eigenvalue weighted by molar-refractivity contribution is 7.18. The summed E-state index contributed by atoms with van der Waals surface area (Å²) in [4.78, 5) is 0. The van der Waals surface area contributed by atoms with Gasteiger partial charge in [-0.25, -0.2) is 0 Å². The summed E-state index contributed by atoms with van der Waals surface area (Å²) < 4.78 is 3.46. The number of rotatable bonds is 2. The van der Waals surface area contributed by atoms with Crippen LogP contribution in [0, 0.1) is 0 Å². The largest absolute Gasteiger partial charge is 0.512 e. The van der Waals surface area contributed by atoms with Gasteiger partial charge in [0, 0.05) is 6.07 Å². The molecule has 0 aliphatic rings. The van der Waals surface area contributed by atoms with Crippen LogP contribution < -0.4 is 4.57 Å². The van der Waals surface area contributed by atoms with Crippen LogP contribution in [0.25, 0.3) is 16.3 Å². The van der Waals surface area contributed by atoms with E-state index in [1.807, 2.05) is 18.2 Å². The standard InChI is InChI=1S/C12H13NOS/c1-3-13-10-6-4-5-7-11(10)15-12(13)8-9(2)14/h4-8H,3H2,1-2H3/p+1. The summed E-state index contributed by atoms with van der Waals surface area (Å²) in [6.45, 7) is 4.73. The van der Waals surface area contributed by atoms with E-state index in [1.165, 1.54) is 10.2 Å². The molecule has 1 heterocycles. The maximum Gasteiger partial charge on any atom is 0.266 e. The van der Waals surface area contributed by atoms with Gasteiger partial charge in [-0.2, -0.15) is 4.57 Å². The summed E-state index contributed by atoms with van der Waals surface area (Å²) in [5.41, 5.74) is 1.23. The molecule has 0 atom stereocenters. The van der Waals surface area contributed by atoms with Crippen LogP contribution in [0.3, 0.4) is 0 Å². The van der Waals surface area contributed by atoms with Gasteiger partial charge in [-0.3, -0.25) is 0 Å². The predicted molar refractivity (Wildman–Crippen MR) is 64.0 cm³/mol. The highest BCUT2D eigenvalue weighted by Crippen LogP contribution is 2.21. The first-order valence-electron chi connectivity index (χ1n) is 5.01. The third-order valence-corrected chi connectivity index (χ3v) is 3.40. The number of aryl methyl sites for hydroxylation is 1. The maximum atomic E-state index is 9.31. The van der Waals surface area contributed by atoms with E-state index < -0.39 is 0 Å². The molecule has 0 saturated carbocycles. The molecule has 1 N–H and O–H groups in total. The SMILES string of the molecule is CC[n+]1c(C=C(C)O)sc2ccccc21. The Bertz CT molecular complexity index is 509. The molecule has 0 radical (unpaired) electrons. The lowest BCUT2D eigenvalue weighted by molar-refractivity contribution is -0.665. The Balaban J connectivity index is 2.69. The van der Waals surface area contributed by atoms with Gasteiger partial charge in [0.15, 0.2) is 0 Å². The van der Waals surface area contributed by atoms with Crippen molar-refractivity contribution in [2.24, 2.45) is 0 Å². The normalized spacial score (nSPS) is 12.3. The summed E-state index contributed by atoms with van der Waals surface area (Å²) in [5.74, 6) is 0.351. The Morgan fingerprint density at radius 1 is 1.47 bits per heavy atom. The summed E-state index contributed by atoms with van der Waals surface area (Å²) in [5, 5.41) is 10.4. The van der Waals surface area contributed by atoms with Crippen LogP contribution >= 0.6 is 11.3 Å². The molecule has 0 bridgehead atoms. The second-order valence-electron chi connectivity index (χ2n) is 3.44. The van der Waals surface area contributed by atoms with Gasteiger partial charge in [0.1, 0.15) is 11.2 Å². The van der Waals surface area contributed by atoms with E-state index in [-0.39, 0.29) is 0 Å². The Hall–Kier alpha value is -1.35. The molecule has 0 aliphatic heterocycles. The molecule has 2 aromatic rings. The second kappa shape index (κ2) is 4.03. The van der Waals surface area contributed by atoms with Gasteiger partial charge in [-0.05, 0) is 19.9 Å². The quantitative estimate of drug-likeness (QED) is 0.610. The van der Waals surface area contributed by atoms with Gasteiger partial charge in [-0.15, -0.1) is 0 Å². The van der Waals surface area contributed by atoms with Crippen LogP contribution in [-0.2, 0) is 6.54 Å². The van der Waals surface area contributed by atoms with Gasteiger partial charge in [0.2, 0.25) is 5.52 Å². The average Bonchev–Trinajstić information content (AvgIpc) is 2.53. The highest BCUT2D eigenvalue weighted by atomic mass is 32.1. The number of hydrogen-bond donors (Lipinski definition) is 1. The Kier molecular flexibility index (Phi) is 2.73. The smallest absolute Gasteiger partial charge is 0.266 e. The number of aliphatic hydroxyl groups is 1. The molecular formula is C12H14NOS+. The minimum absolute atomic E-state index is 0.351. The minimum Gasteiger partial charge on any atom is -0.512 e. The molecule has 15 heavy (non-hydrogen) atoms. The molecule has 1 aromatic heterocycles. The van der Waals surface area contributed by atoms with Crippen molar-refractivity contribution < 1.29 is 9.67 Å². The van der Waals surface area contributed by atoms with Crippen molar-refractivity contribution in [2.75, 3.05) is 0 Å². The third kappa shape index (κ3) is 1.88. The van der Waals surface area contributed by atoms with Gasteiger partial charge in [0.05, 0.1) is 11.8 Å². The lowest BCUT2D eigenvalue weighted by Gasteiger charge is -1.91. The first-order valence-corrected chi connectivity index (χ1v) is 5.82. The average molecular weight is 220 g/mol. The molecule has 2 rings (SSSR count). The van der Waals surface area contributed by atoms with Crippen LogP contribution in [0.5, 0.6) is 0 Å². The van der Waals surface area contributed by atoms with E-state index in [0.717, 1.165) is 11.6 Å². The molecule has 0 fully saturated rings. The van der Waals surface area contributed by atoms with E-state index in [1.54, 1.807) is 18.3 Å². The van der Waals surface area contributed by atoms with Crippen molar-refractivity contribution in [3.8, 4) is 0 Å². The third-order valence-electron chi connectivity index (χ3n) is 2.29. The number of thiazole rings is 1. The van der Waals surface area contributed by atoms with Crippen LogP contribution in [0.4, 0.5) is 0 Å². The van der Waals surface area contributed by atoms with Gasteiger partial charge in [0.25, 0.3) is 5.01 Å². The number of benzene rings is 1. The monoisotopic (exact) mass is 220 g/mol. The van der Waals surface area contributed by atoms with Crippen molar-refractivity contribution in [2.45, 2.75) is 20.4 Å². The number of hydrogen-bond acceptors (Lipinski definition) is 2. The van der Waals surface area contributed by atoms with Crippen molar-refractivity contribution >= 4 is 27.6 Å². The topological polar surface area (TPSA) is 24.1 Å². The van der Waals surface area contributed by atoms with Crippen molar-refractivity contribution in [1.82, 2.24) is 0 Å². The number of nitrogens with zero attached hydrogens (tertiary/aromatic N) is 1. The van der Waals surface area contributed by atoms with E-state index in [4.69, 9.17) is 0 Å². The zero-order chi connectivity index (χ0) is 10.8. The molecule has 0 amide bonds. The fourth-order valence-electron chi connectivity index (χ4n) is 1.67. The first-order chi connectivity index (χ1) is 7.22. The number of para-hydroxylation sites is 1. The molecule has 2 nitrogen and oxygen atoms in total. The summed E-state index contributed by atoms with van der Waals surface area (Å²) in [6.07, 6.45) is 1.81. The fraction of sp³-hybridized carbons (Fsp3) is 0.250. The van der Waals surface area contributed by atoms with Crippen molar-refractivity contribution in [3.63, 3.8) is 0 Å². The Labute approximate surface area is 93.1 Å². The maximum absolute atomic E-state index is 9.31. The number of fused-ring (bicyclic) bond motifs is 1. The van der Waals surface area contributed by atoms with Crippen molar-refractivity contribution in [3.05, 3.63) is 35.0 Å². The summed E-state index contributed by atoms with van der Waals surface area (Å²) in [6, 6.07) is 8.30. The Morgan fingerprint density at radius 3 is 2.87 bits per heavy atom. The van der Waals surface area contributed by atoms with E-state index in [9.17, 15) is 5.11 Å². The van der Waals surface area contributed by atoms with Crippen LogP contribution in [0.1, 0.15) is 18.9 Å². The van der Waals surface area contributed by atoms with Gasteiger partial charge >= 0.3 is 0 Å². The van der Waals surface area contributed by atoms with Crippen LogP contribution in [0.2, 0.25) is 0 Å². The predicted octanol–water partition coefficient (Wildman–Crippen LogP) is 3.13. The van der Waals surface area contributed by atoms with E-state index in [2.05, 4.69) is 23.6 Å². The first kappa shape index (κ1) is 10.2. The number of aliphatic hydroxyl groups excluding tert-OH is 1. The molecular weight excluding hydrogens is 206 g/mol. The summed E-state index contributed by atoms with van der Waals surface area (Å²) in [7, 11) is 0. The van der Waals surface area contributed by atoms with Crippen molar-refractivity contribution in [1.29, 1.82) is 0 Å². The molecule has 1 aromatic carbocycles. The number of aromatic nitrogens is 1. The molecule has 0 saturated heterocycles. The van der Waals surface area contributed by atoms with Crippen LogP contribution in [-0.4, -0.2) is 5.11 Å². The molecule has 0 spiro atoms. The highest BCUT2D eigenvalue weighted by Gasteiger charge is 2.16. The van der Waals surface area contributed by atoms with Crippen LogP contribution in [0.15, 0.2) is 30.0 Å². The zero-order valence-corrected chi connectivity index (χ0v) is 9.71. The van der Waals surface area contributed by atoms with E-state index in [0.29, 0.717) is 5.76 Å². The fourth-order valence-corrected chi connectivity index (χ4v) is 2.89. The minimum atomic E-state index is 0.351. The van der Waals surface area contributed by atoms with Gasteiger partial charge < -0.3 is 5.11 Å². The molecule has 0 aliphatic carbocycles. The molecule has 0 unspecified atom stereocenters. The summed E-state index contributed by atoms with van der Waals surface area (Å²) >= 11 is 1.70. The van der Waals surface area contributed by atoms with E-state index >= 15 is 0 Å². The number of allylic oxidation sites excluding steroid dienone is 1. The molecule has 3 heteroatoms. The Morgan fingerprint density at radius 2 is 2.20 bits per heavy atom. The zero-order valence-electron chi connectivity index (χ0n) is 8.90. The lowest BCUT2D eigenvalue weighted by Crippen LogP contribution is -2.33. The molecule has 78 valence electrons.